The number of nitrogens with zero attached hydrogens (tertiary/aromatic N) is 5. The first-order valence-electron chi connectivity index (χ1n) is 7.97. The zero-order chi connectivity index (χ0) is 17.6. The first kappa shape index (κ1) is 15.1. The summed E-state index contributed by atoms with van der Waals surface area (Å²) in [5.74, 6) is 1.31. The zero-order valence-corrected chi connectivity index (χ0v) is 14.2. The molecule has 0 aliphatic carbocycles. The highest BCUT2D eigenvalue weighted by molar-refractivity contribution is 5.85. The minimum atomic E-state index is 0.528. The summed E-state index contributed by atoms with van der Waals surface area (Å²) in [7, 11) is 0. The molecule has 0 spiro atoms. The molecule has 0 aliphatic rings. The van der Waals surface area contributed by atoms with Gasteiger partial charge in [0.15, 0.2) is 5.65 Å². The van der Waals surface area contributed by atoms with E-state index in [0.29, 0.717) is 17.2 Å². The Labute approximate surface area is 144 Å². The zero-order valence-electron chi connectivity index (χ0n) is 14.2. The number of benzene rings is 1. The van der Waals surface area contributed by atoms with E-state index in [2.05, 4.69) is 26.3 Å². The first-order chi connectivity index (χ1) is 12.1. The third-order valence-electron chi connectivity index (χ3n) is 4.11. The lowest BCUT2D eigenvalue weighted by atomic mass is 10.1. The van der Waals surface area contributed by atoms with Crippen LogP contribution in [-0.4, -0.2) is 19.4 Å². The predicted molar refractivity (Wildman–Crippen MR) is 96.9 cm³/mol. The standard InChI is InChI=1S/C19H16N6/c1-11-8-17(24-19-21-12(2)9-13(3)22-19)25-16-7-5-4-6-15(16)23-18(25)14(11)10-20/h4-9H,1-3H3,(H,21,22,24). The van der Waals surface area contributed by atoms with E-state index >= 15 is 0 Å². The molecular formula is C19H16N6. The van der Waals surface area contributed by atoms with E-state index in [1.54, 1.807) is 0 Å². The highest BCUT2D eigenvalue weighted by Gasteiger charge is 2.15. The van der Waals surface area contributed by atoms with Crippen LogP contribution in [0.1, 0.15) is 22.5 Å². The van der Waals surface area contributed by atoms with Crippen molar-refractivity contribution < 1.29 is 0 Å². The van der Waals surface area contributed by atoms with Crippen molar-refractivity contribution in [1.29, 1.82) is 5.26 Å². The number of imidazole rings is 1. The molecule has 0 radical (unpaired) electrons. The molecule has 0 unspecified atom stereocenters. The summed E-state index contributed by atoms with van der Waals surface area (Å²) in [5.41, 5.74) is 5.63. The summed E-state index contributed by atoms with van der Waals surface area (Å²) in [6.07, 6.45) is 0. The Hall–Kier alpha value is -3.46. The molecule has 1 N–H and O–H groups in total. The molecule has 122 valence electrons. The minimum Gasteiger partial charge on any atom is -0.310 e. The SMILES string of the molecule is Cc1cc(C)nc(Nc2cc(C)c(C#N)c3nc4ccccc4n23)n1. The molecule has 0 bridgehead atoms. The number of rotatable bonds is 2. The topological polar surface area (TPSA) is 78.9 Å². The van der Waals surface area contributed by atoms with E-state index in [4.69, 9.17) is 0 Å². The van der Waals surface area contributed by atoms with Gasteiger partial charge in [0.1, 0.15) is 11.9 Å². The van der Waals surface area contributed by atoms with Gasteiger partial charge in [-0.25, -0.2) is 15.0 Å². The fourth-order valence-electron chi connectivity index (χ4n) is 3.08. The summed E-state index contributed by atoms with van der Waals surface area (Å²) in [4.78, 5) is 13.5. The number of nitriles is 1. The van der Waals surface area contributed by atoms with E-state index in [1.807, 2.05) is 61.6 Å². The molecule has 0 amide bonds. The second-order valence-corrected chi connectivity index (χ2v) is 6.06. The van der Waals surface area contributed by atoms with Crippen LogP contribution in [0.15, 0.2) is 36.4 Å². The van der Waals surface area contributed by atoms with Crippen LogP contribution in [0.4, 0.5) is 11.8 Å². The van der Waals surface area contributed by atoms with Gasteiger partial charge in [-0.1, -0.05) is 12.1 Å². The summed E-state index contributed by atoms with van der Waals surface area (Å²) in [6, 6.07) is 13.9. The Kier molecular flexibility index (Phi) is 3.36. The number of hydrogen-bond acceptors (Lipinski definition) is 5. The van der Waals surface area contributed by atoms with Crippen LogP contribution in [0.2, 0.25) is 0 Å². The second-order valence-electron chi connectivity index (χ2n) is 6.06. The van der Waals surface area contributed by atoms with Crippen LogP contribution in [0.5, 0.6) is 0 Å². The van der Waals surface area contributed by atoms with Crippen molar-refractivity contribution in [2.24, 2.45) is 0 Å². The summed E-state index contributed by atoms with van der Waals surface area (Å²) >= 11 is 0. The number of anilines is 2. The molecule has 0 fully saturated rings. The predicted octanol–water partition coefficient (Wildman–Crippen LogP) is 3.82. The third-order valence-corrected chi connectivity index (χ3v) is 4.11. The van der Waals surface area contributed by atoms with Gasteiger partial charge >= 0.3 is 0 Å². The van der Waals surface area contributed by atoms with Crippen LogP contribution in [0.25, 0.3) is 16.7 Å². The maximum Gasteiger partial charge on any atom is 0.228 e. The molecule has 1 aromatic carbocycles. The van der Waals surface area contributed by atoms with Crippen molar-refractivity contribution in [3.63, 3.8) is 0 Å². The van der Waals surface area contributed by atoms with Gasteiger partial charge in [-0.05, 0) is 50.6 Å². The van der Waals surface area contributed by atoms with Crippen molar-refractivity contribution in [3.05, 3.63) is 58.9 Å². The molecule has 4 aromatic rings. The van der Waals surface area contributed by atoms with Crippen molar-refractivity contribution in [2.75, 3.05) is 5.32 Å². The second kappa shape index (κ2) is 5.56. The van der Waals surface area contributed by atoms with Gasteiger partial charge in [-0.3, -0.25) is 4.40 Å². The number of aromatic nitrogens is 4. The molecule has 0 aliphatic heterocycles. The van der Waals surface area contributed by atoms with Crippen LogP contribution in [0, 0.1) is 32.1 Å². The van der Waals surface area contributed by atoms with Gasteiger partial charge in [0.05, 0.1) is 16.6 Å². The van der Waals surface area contributed by atoms with E-state index in [0.717, 1.165) is 33.8 Å². The maximum atomic E-state index is 9.55. The Morgan fingerprint density at radius 2 is 1.72 bits per heavy atom. The normalized spacial score (nSPS) is 11.0. The number of pyridine rings is 1. The largest absolute Gasteiger partial charge is 0.310 e. The lowest BCUT2D eigenvalue weighted by Crippen LogP contribution is -2.05. The van der Waals surface area contributed by atoms with Crippen LogP contribution in [-0.2, 0) is 0 Å². The quantitative estimate of drug-likeness (QED) is 0.605. The lowest BCUT2D eigenvalue weighted by Gasteiger charge is -2.12. The monoisotopic (exact) mass is 328 g/mol. The van der Waals surface area contributed by atoms with E-state index in [-0.39, 0.29) is 0 Å². The number of nitrogens with one attached hydrogen (secondary N) is 1. The Bertz CT molecular complexity index is 1150. The highest BCUT2D eigenvalue weighted by atomic mass is 15.2. The Morgan fingerprint density at radius 1 is 1.00 bits per heavy atom. The Morgan fingerprint density at radius 3 is 2.44 bits per heavy atom. The average Bonchev–Trinajstić information content (AvgIpc) is 2.93. The van der Waals surface area contributed by atoms with E-state index < -0.39 is 0 Å². The summed E-state index contributed by atoms with van der Waals surface area (Å²) in [5, 5.41) is 12.8. The van der Waals surface area contributed by atoms with Gasteiger partial charge in [-0.2, -0.15) is 5.26 Å². The van der Waals surface area contributed by atoms with E-state index in [9.17, 15) is 5.26 Å². The molecule has 3 aromatic heterocycles. The molecule has 25 heavy (non-hydrogen) atoms. The van der Waals surface area contributed by atoms with Crippen molar-refractivity contribution in [3.8, 4) is 6.07 Å². The highest BCUT2D eigenvalue weighted by Crippen LogP contribution is 2.27. The van der Waals surface area contributed by atoms with Crippen molar-refractivity contribution >= 4 is 28.4 Å². The van der Waals surface area contributed by atoms with Gasteiger partial charge < -0.3 is 5.32 Å². The number of aryl methyl sites for hydroxylation is 3. The molecule has 3 heterocycles. The van der Waals surface area contributed by atoms with E-state index in [1.165, 1.54) is 0 Å². The molecule has 0 saturated carbocycles. The fourth-order valence-corrected chi connectivity index (χ4v) is 3.08. The van der Waals surface area contributed by atoms with Crippen molar-refractivity contribution in [2.45, 2.75) is 20.8 Å². The van der Waals surface area contributed by atoms with Crippen LogP contribution >= 0.6 is 0 Å². The number of fused-ring (bicyclic) bond motifs is 3. The maximum absolute atomic E-state index is 9.55. The Balaban J connectivity index is 2.01. The fraction of sp³-hybridized carbons (Fsp3) is 0.158. The minimum absolute atomic E-state index is 0.528. The molecule has 6 heteroatoms. The molecule has 0 saturated heterocycles. The summed E-state index contributed by atoms with van der Waals surface area (Å²) in [6.45, 7) is 5.78. The van der Waals surface area contributed by atoms with Gasteiger partial charge in [-0.15, -0.1) is 0 Å². The number of para-hydroxylation sites is 2. The van der Waals surface area contributed by atoms with Gasteiger partial charge in [0.25, 0.3) is 0 Å². The third kappa shape index (κ3) is 2.46. The molecular weight excluding hydrogens is 312 g/mol. The lowest BCUT2D eigenvalue weighted by molar-refractivity contribution is 1.05. The molecule has 0 atom stereocenters. The molecule has 6 nitrogen and oxygen atoms in total. The number of hydrogen-bond donors (Lipinski definition) is 1. The summed E-state index contributed by atoms with van der Waals surface area (Å²) < 4.78 is 1.95. The molecule has 4 rings (SSSR count). The average molecular weight is 328 g/mol. The van der Waals surface area contributed by atoms with Crippen LogP contribution in [0.3, 0.4) is 0 Å². The smallest absolute Gasteiger partial charge is 0.228 e. The van der Waals surface area contributed by atoms with Crippen molar-refractivity contribution in [1.82, 2.24) is 19.4 Å². The van der Waals surface area contributed by atoms with Gasteiger partial charge in [0.2, 0.25) is 5.95 Å². The van der Waals surface area contributed by atoms with Crippen LogP contribution < -0.4 is 5.32 Å². The first-order valence-corrected chi connectivity index (χ1v) is 7.97. The van der Waals surface area contributed by atoms with Gasteiger partial charge in [0, 0.05) is 11.4 Å².